The lowest BCUT2D eigenvalue weighted by atomic mass is 9.98. The van der Waals surface area contributed by atoms with E-state index in [1.807, 2.05) is 6.92 Å². The van der Waals surface area contributed by atoms with E-state index in [4.69, 9.17) is 9.15 Å². The highest BCUT2D eigenvalue weighted by atomic mass is 16.5. The molecular formula is C19H18O6. The lowest BCUT2D eigenvalue weighted by Gasteiger charge is -2.13. The number of phenols is 3. The minimum absolute atomic E-state index is 0.00360. The first-order valence-electron chi connectivity index (χ1n) is 7.72. The highest BCUT2D eigenvalue weighted by Gasteiger charge is 2.15. The smallest absolute Gasteiger partial charge is 0.197 e. The van der Waals surface area contributed by atoms with Gasteiger partial charge in [0.2, 0.25) is 0 Å². The second kappa shape index (κ2) is 6.49. The molecule has 130 valence electrons. The van der Waals surface area contributed by atoms with Gasteiger partial charge >= 0.3 is 0 Å². The Labute approximate surface area is 143 Å². The Morgan fingerprint density at radius 2 is 1.84 bits per heavy atom. The Balaban J connectivity index is 2.11. The van der Waals surface area contributed by atoms with Crippen molar-refractivity contribution < 1.29 is 24.5 Å². The number of fused-ring (bicyclic) bond motifs is 1. The SMILES string of the molecule is COCC(C)c1ccc(-c2cc(=O)c3c(O)cc(O)cc3o2)cc1O. The minimum atomic E-state index is -0.440. The van der Waals surface area contributed by atoms with Crippen LogP contribution in [0.1, 0.15) is 18.4 Å². The molecule has 6 heteroatoms. The summed E-state index contributed by atoms with van der Waals surface area (Å²) >= 11 is 0. The van der Waals surface area contributed by atoms with Crippen LogP contribution in [0.3, 0.4) is 0 Å². The molecule has 0 amide bonds. The van der Waals surface area contributed by atoms with Gasteiger partial charge in [-0.1, -0.05) is 19.1 Å². The molecule has 1 unspecified atom stereocenters. The Morgan fingerprint density at radius 3 is 2.52 bits per heavy atom. The van der Waals surface area contributed by atoms with Gasteiger partial charge in [0.05, 0.1) is 6.61 Å². The van der Waals surface area contributed by atoms with Crippen LogP contribution in [0.4, 0.5) is 0 Å². The van der Waals surface area contributed by atoms with Gasteiger partial charge in [0.15, 0.2) is 5.43 Å². The maximum atomic E-state index is 12.3. The molecule has 0 bridgehead atoms. The van der Waals surface area contributed by atoms with E-state index in [0.29, 0.717) is 12.2 Å². The molecule has 3 N–H and O–H groups in total. The molecule has 2 aromatic carbocycles. The lowest BCUT2D eigenvalue weighted by Crippen LogP contribution is -2.03. The zero-order valence-electron chi connectivity index (χ0n) is 13.8. The number of aromatic hydroxyl groups is 3. The van der Waals surface area contributed by atoms with Crippen molar-refractivity contribution in [2.24, 2.45) is 0 Å². The van der Waals surface area contributed by atoms with Gasteiger partial charge < -0.3 is 24.5 Å². The van der Waals surface area contributed by atoms with Crippen molar-refractivity contribution in [2.75, 3.05) is 13.7 Å². The van der Waals surface area contributed by atoms with Gasteiger partial charge in [0.25, 0.3) is 0 Å². The van der Waals surface area contributed by atoms with Crippen LogP contribution in [-0.4, -0.2) is 29.0 Å². The van der Waals surface area contributed by atoms with E-state index in [1.165, 1.54) is 18.2 Å². The molecule has 0 radical (unpaired) electrons. The van der Waals surface area contributed by atoms with Gasteiger partial charge in [0, 0.05) is 36.8 Å². The van der Waals surface area contributed by atoms with Crippen molar-refractivity contribution in [1.82, 2.24) is 0 Å². The van der Waals surface area contributed by atoms with E-state index in [1.54, 1.807) is 19.2 Å². The Morgan fingerprint density at radius 1 is 1.08 bits per heavy atom. The zero-order valence-corrected chi connectivity index (χ0v) is 13.8. The van der Waals surface area contributed by atoms with E-state index < -0.39 is 5.43 Å². The molecule has 0 aliphatic heterocycles. The maximum absolute atomic E-state index is 12.3. The van der Waals surface area contributed by atoms with Gasteiger partial charge in [-0.25, -0.2) is 0 Å². The van der Waals surface area contributed by atoms with Crippen LogP contribution in [0.2, 0.25) is 0 Å². The molecular weight excluding hydrogens is 324 g/mol. The molecule has 1 heterocycles. The Kier molecular flexibility index (Phi) is 4.37. The molecule has 0 aliphatic carbocycles. The third-order valence-electron chi connectivity index (χ3n) is 4.06. The largest absolute Gasteiger partial charge is 0.508 e. The van der Waals surface area contributed by atoms with Crippen LogP contribution in [0.5, 0.6) is 17.2 Å². The second-order valence-corrected chi connectivity index (χ2v) is 5.94. The number of methoxy groups -OCH3 is 1. The van der Waals surface area contributed by atoms with Gasteiger partial charge in [0.1, 0.15) is 34.0 Å². The summed E-state index contributed by atoms with van der Waals surface area (Å²) in [4.78, 5) is 12.3. The van der Waals surface area contributed by atoms with E-state index >= 15 is 0 Å². The fraction of sp³-hybridized carbons (Fsp3) is 0.211. The summed E-state index contributed by atoms with van der Waals surface area (Å²) in [6, 6.07) is 8.57. The quantitative estimate of drug-likeness (QED) is 0.672. The first-order valence-corrected chi connectivity index (χ1v) is 7.72. The van der Waals surface area contributed by atoms with E-state index in [-0.39, 0.29) is 39.9 Å². The summed E-state index contributed by atoms with van der Waals surface area (Å²) in [6.45, 7) is 2.40. The fourth-order valence-corrected chi connectivity index (χ4v) is 2.85. The van der Waals surface area contributed by atoms with Gasteiger partial charge in [-0.2, -0.15) is 0 Å². The van der Waals surface area contributed by atoms with Crippen LogP contribution in [0, 0.1) is 0 Å². The zero-order chi connectivity index (χ0) is 18.1. The standard InChI is InChI=1S/C19H18O6/c1-10(9-24-2)13-4-3-11(5-14(13)21)17-8-16(23)19-15(22)6-12(20)7-18(19)25-17/h3-8,10,20-22H,9H2,1-2H3. The summed E-state index contributed by atoms with van der Waals surface area (Å²) in [7, 11) is 1.59. The van der Waals surface area contributed by atoms with E-state index in [2.05, 4.69) is 0 Å². The average Bonchev–Trinajstić information content (AvgIpc) is 2.53. The van der Waals surface area contributed by atoms with Crippen LogP contribution in [0.15, 0.2) is 45.6 Å². The average molecular weight is 342 g/mol. The number of phenolic OH excluding ortho intramolecular Hbond substituents is 3. The van der Waals surface area contributed by atoms with Crippen LogP contribution >= 0.6 is 0 Å². The summed E-state index contributed by atoms with van der Waals surface area (Å²) in [5.74, 6) is -0.248. The molecule has 1 aromatic heterocycles. The molecule has 0 fully saturated rings. The predicted molar refractivity (Wildman–Crippen MR) is 93.2 cm³/mol. The Hall–Kier alpha value is -2.99. The van der Waals surface area contributed by atoms with Crippen molar-refractivity contribution in [1.29, 1.82) is 0 Å². The summed E-state index contributed by atoms with van der Waals surface area (Å²) in [6.07, 6.45) is 0. The lowest BCUT2D eigenvalue weighted by molar-refractivity contribution is 0.183. The van der Waals surface area contributed by atoms with Crippen LogP contribution in [0.25, 0.3) is 22.3 Å². The molecule has 0 saturated carbocycles. The number of benzene rings is 2. The van der Waals surface area contributed by atoms with Gasteiger partial charge in [-0.05, 0) is 11.6 Å². The molecule has 0 saturated heterocycles. The van der Waals surface area contributed by atoms with Gasteiger partial charge in [-0.15, -0.1) is 0 Å². The number of ether oxygens (including phenoxy) is 1. The minimum Gasteiger partial charge on any atom is -0.508 e. The third-order valence-corrected chi connectivity index (χ3v) is 4.06. The number of hydrogen-bond donors (Lipinski definition) is 3. The summed E-state index contributed by atoms with van der Waals surface area (Å²) < 4.78 is 10.7. The second-order valence-electron chi connectivity index (χ2n) is 5.94. The monoisotopic (exact) mass is 342 g/mol. The van der Waals surface area contributed by atoms with Crippen molar-refractivity contribution in [3.63, 3.8) is 0 Å². The van der Waals surface area contributed by atoms with Crippen molar-refractivity contribution in [2.45, 2.75) is 12.8 Å². The summed E-state index contributed by atoms with van der Waals surface area (Å²) in [5.41, 5.74) is 0.859. The number of rotatable bonds is 4. The molecule has 0 aliphatic rings. The van der Waals surface area contributed by atoms with E-state index in [9.17, 15) is 20.1 Å². The normalized spacial score (nSPS) is 12.4. The molecule has 3 aromatic rings. The molecule has 0 spiro atoms. The van der Waals surface area contributed by atoms with Crippen molar-refractivity contribution in [3.05, 3.63) is 52.2 Å². The van der Waals surface area contributed by atoms with Crippen molar-refractivity contribution in [3.8, 4) is 28.6 Å². The van der Waals surface area contributed by atoms with Crippen LogP contribution in [-0.2, 0) is 4.74 Å². The molecule has 6 nitrogen and oxygen atoms in total. The van der Waals surface area contributed by atoms with Gasteiger partial charge in [-0.3, -0.25) is 4.79 Å². The third kappa shape index (κ3) is 3.16. The Bertz CT molecular complexity index is 989. The van der Waals surface area contributed by atoms with Crippen LogP contribution < -0.4 is 5.43 Å². The topological polar surface area (TPSA) is 100 Å². The molecule has 3 rings (SSSR count). The molecule has 25 heavy (non-hydrogen) atoms. The fourth-order valence-electron chi connectivity index (χ4n) is 2.85. The van der Waals surface area contributed by atoms with E-state index in [0.717, 1.165) is 11.6 Å². The first kappa shape index (κ1) is 16.9. The number of hydrogen-bond acceptors (Lipinski definition) is 6. The highest BCUT2D eigenvalue weighted by Crippen LogP contribution is 2.33. The molecule has 1 atom stereocenters. The van der Waals surface area contributed by atoms with Crippen molar-refractivity contribution >= 4 is 11.0 Å². The predicted octanol–water partition coefficient (Wildman–Crippen LogP) is 3.33. The summed E-state index contributed by atoms with van der Waals surface area (Å²) in [5, 5.41) is 29.7. The first-order chi connectivity index (χ1) is 11.9. The maximum Gasteiger partial charge on any atom is 0.197 e. The highest BCUT2D eigenvalue weighted by molar-refractivity contribution is 5.86.